The van der Waals surface area contributed by atoms with Gasteiger partial charge in [0.2, 0.25) is 0 Å². The van der Waals surface area contributed by atoms with Crippen molar-refractivity contribution in [3.8, 4) is 5.75 Å². The van der Waals surface area contributed by atoms with Crippen molar-refractivity contribution < 1.29 is 4.74 Å². The largest absolute Gasteiger partial charge is 0.493 e. The number of methoxy groups -OCH3 is 1. The second kappa shape index (κ2) is 5.74. The molecule has 0 bridgehead atoms. The van der Waals surface area contributed by atoms with E-state index in [1.165, 1.54) is 18.5 Å². The van der Waals surface area contributed by atoms with Crippen LogP contribution >= 0.6 is 0 Å². The Labute approximate surface area is 110 Å². The molecule has 4 nitrogen and oxygen atoms in total. The molecule has 1 aromatic heterocycles. The van der Waals surface area contributed by atoms with Crippen molar-refractivity contribution in [1.82, 2.24) is 15.1 Å². The zero-order valence-corrected chi connectivity index (χ0v) is 11.9. The molecule has 102 valence electrons. The Morgan fingerprint density at radius 3 is 2.72 bits per heavy atom. The fourth-order valence-electron chi connectivity index (χ4n) is 2.24. The summed E-state index contributed by atoms with van der Waals surface area (Å²) >= 11 is 0. The highest BCUT2D eigenvalue weighted by molar-refractivity contribution is 5.26. The lowest BCUT2D eigenvalue weighted by atomic mass is 10.0. The number of nitrogens with zero attached hydrogens (tertiary/aromatic N) is 2. The highest BCUT2D eigenvalue weighted by atomic mass is 16.5. The monoisotopic (exact) mass is 251 g/mol. The SMILES string of the molecule is COc1cnn(C(C)C)c1CC(C)CNC1CC1. The Morgan fingerprint density at radius 2 is 2.17 bits per heavy atom. The van der Waals surface area contributed by atoms with Gasteiger partial charge in [-0.15, -0.1) is 0 Å². The molecule has 1 atom stereocenters. The number of hydrogen-bond donors (Lipinski definition) is 1. The second-order valence-electron chi connectivity index (χ2n) is 5.69. The van der Waals surface area contributed by atoms with Gasteiger partial charge in [-0.05, 0) is 45.6 Å². The molecule has 0 radical (unpaired) electrons. The van der Waals surface area contributed by atoms with E-state index >= 15 is 0 Å². The molecule has 1 fully saturated rings. The van der Waals surface area contributed by atoms with Crippen LogP contribution in [0.2, 0.25) is 0 Å². The number of ether oxygens (including phenoxy) is 1. The molecule has 0 aromatic carbocycles. The molecule has 1 aliphatic rings. The van der Waals surface area contributed by atoms with Gasteiger partial charge in [-0.1, -0.05) is 6.92 Å². The van der Waals surface area contributed by atoms with Crippen LogP contribution in [0.1, 0.15) is 45.3 Å². The van der Waals surface area contributed by atoms with Crippen LogP contribution in [0.25, 0.3) is 0 Å². The van der Waals surface area contributed by atoms with E-state index < -0.39 is 0 Å². The van der Waals surface area contributed by atoms with Gasteiger partial charge in [0.1, 0.15) is 0 Å². The molecule has 0 aliphatic heterocycles. The third-order valence-electron chi connectivity index (χ3n) is 3.44. The molecule has 1 heterocycles. The van der Waals surface area contributed by atoms with Gasteiger partial charge in [0, 0.05) is 12.1 Å². The first-order valence-electron chi connectivity index (χ1n) is 6.95. The standard InChI is InChI=1S/C14H25N3O/c1-10(2)17-13(14(18-4)9-16-17)7-11(3)8-15-12-5-6-12/h9-12,15H,5-8H2,1-4H3. The Hall–Kier alpha value is -1.03. The third-order valence-corrected chi connectivity index (χ3v) is 3.44. The Kier molecular flexibility index (Phi) is 4.27. The average Bonchev–Trinajstić information content (AvgIpc) is 3.07. The van der Waals surface area contributed by atoms with E-state index in [9.17, 15) is 0 Å². The van der Waals surface area contributed by atoms with Crippen LogP contribution < -0.4 is 10.1 Å². The molecule has 1 aromatic rings. The van der Waals surface area contributed by atoms with Gasteiger partial charge in [-0.2, -0.15) is 5.10 Å². The van der Waals surface area contributed by atoms with E-state index in [2.05, 4.69) is 35.9 Å². The molecule has 0 spiro atoms. The summed E-state index contributed by atoms with van der Waals surface area (Å²) < 4.78 is 7.49. The minimum atomic E-state index is 0.382. The summed E-state index contributed by atoms with van der Waals surface area (Å²) in [4.78, 5) is 0. The maximum absolute atomic E-state index is 5.41. The van der Waals surface area contributed by atoms with Gasteiger partial charge in [0.05, 0.1) is 19.0 Å². The summed E-state index contributed by atoms with van der Waals surface area (Å²) in [5.41, 5.74) is 1.22. The zero-order chi connectivity index (χ0) is 13.1. The average molecular weight is 251 g/mol. The first kappa shape index (κ1) is 13.4. The molecule has 1 unspecified atom stereocenters. The van der Waals surface area contributed by atoms with Crippen LogP contribution in [0.15, 0.2) is 6.20 Å². The molecular formula is C14H25N3O. The predicted molar refractivity (Wildman–Crippen MR) is 73.1 cm³/mol. The highest BCUT2D eigenvalue weighted by Gasteiger charge is 2.22. The molecule has 0 amide bonds. The van der Waals surface area contributed by atoms with E-state index in [1.54, 1.807) is 7.11 Å². The molecule has 1 saturated carbocycles. The quantitative estimate of drug-likeness (QED) is 0.809. The van der Waals surface area contributed by atoms with Gasteiger partial charge in [-0.3, -0.25) is 4.68 Å². The van der Waals surface area contributed by atoms with Gasteiger partial charge < -0.3 is 10.1 Å². The maximum Gasteiger partial charge on any atom is 0.159 e. The van der Waals surface area contributed by atoms with E-state index in [4.69, 9.17) is 4.74 Å². The lowest BCUT2D eigenvalue weighted by Crippen LogP contribution is -2.25. The molecule has 0 saturated heterocycles. The van der Waals surface area contributed by atoms with Gasteiger partial charge in [0.15, 0.2) is 5.75 Å². The first-order chi connectivity index (χ1) is 8.61. The van der Waals surface area contributed by atoms with E-state index in [1.807, 2.05) is 6.20 Å². The Bertz CT molecular complexity index is 382. The topological polar surface area (TPSA) is 39.1 Å². The zero-order valence-electron chi connectivity index (χ0n) is 11.9. The summed E-state index contributed by atoms with van der Waals surface area (Å²) in [7, 11) is 1.72. The smallest absolute Gasteiger partial charge is 0.159 e. The van der Waals surface area contributed by atoms with Crippen LogP contribution in [0.3, 0.4) is 0 Å². The van der Waals surface area contributed by atoms with Gasteiger partial charge in [0.25, 0.3) is 0 Å². The summed E-state index contributed by atoms with van der Waals surface area (Å²) in [6.07, 6.45) is 5.54. The van der Waals surface area contributed by atoms with Crippen LogP contribution in [0.5, 0.6) is 5.75 Å². The molecule has 1 aliphatic carbocycles. The van der Waals surface area contributed by atoms with E-state index in [-0.39, 0.29) is 0 Å². The number of rotatable bonds is 7. The fraction of sp³-hybridized carbons (Fsp3) is 0.786. The Balaban J connectivity index is 1.98. The summed E-state index contributed by atoms with van der Waals surface area (Å²) in [5, 5.41) is 8.00. The lowest BCUT2D eigenvalue weighted by molar-refractivity contribution is 0.393. The van der Waals surface area contributed by atoms with E-state index in [0.717, 1.165) is 24.8 Å². The van der Waals surface area contributed by atoms with Crippen LogP contribution in [0, 0.1) is 5.92 Å². The van der Waals surface area contributed by atoms with Crippen molar-refractivity contribution in [3.63, 3.8) is 0 Å². The minimum Gasteiger partial charge on any atom is -0.493 e. The number of aromatic nitrogens is 2. The van der Waals surface area contributed by atoms with Crippen molar-refractivity contribution in [2.75, 3.05) is 13.7 Å². The van der Waals surface area contributed by atoms with Crippen molar-refractivity contribution in [3.05, 3.63) is 11.9 Å². The van der Waals surface area contributed by atoms with Gasteiger partial charge >= 0.3 is 0 Å². The maximum atomic E-state index is 5.41. The molecular weight excluding hydrogens is 226 g/mol. The fourth-order valence-corrected chi connectivity index (χ4v) is 2.24. The summed E-state index contributed by atoms with van der Waals surface area (Å²) in [6.45, 7) is 7.68. The normalized spacial score (nSPS) is 17.2. The Morgan fingerprint density at radius 1 is 1.44 bits per heavy atom. The highest BCUT2D eigenvalue weighted by Crippen LogP contribution is 2.24. The minimum absolute atomic E-state index is 0.382. The van der Waals surface area contributed by atoms with Crippen molar-refractivity contribution >= 4 is 0 Å². The lowest BCUT2D eigenvalue weighted by Gasteiger charge is -2.16. The molecule has 18 heavy (non-hydrogen) atoms. The van der Waals surface area contributed by atoms with E-state index in [0.29, 0.717) is 12.0 Å². The van der Waals surface area contributed by atoms with Crippen LogP contribution in [0.4, 0.5) is 0 Å². The number of nitrogens with one attached hydrogen (secondary N) is 1. The third kappa shape index (κ3) is 3.25. The van der Waals surface area contributed by atoms with Gasteiger partial charge in [-0.25, -0.2) is 0 Å². The second-order valence-corrected chi connectivity index (χ2v) is 5.69. The number of hydrogen-bond acceptors (Lipinski definition) is 3. The summed E-state index contributed by atoms with van der Waals surface area (Å²) in [6, 6.07) is 1.16. The first-order valence-corrected chi connectivity index (χ1v) is 6.95. The molecule has 2 rings (SSSR count). The molecule has 4 heteroatoms. The van der Waals surface area contributed by atoms with Crippen molar-refractivity contribution in [1.29, 1.82) is 0 Å². The van der Waals surface area contributed by atoms with Crippen LogP contribution in [-0.4, -0.2) is 29.5 Å². The van der Waals surface area contributed by atoms with Crippen molar-refractivity contribution in [2.24, 2.45) is 5.92 Å². The van der Waals surface area contributed by atoms with Crippen molar-refractivity contribution in [2.45, 2.75) is 52.1 Å². The predicted octanol–water partition coefficient (Wildman–Crippen LogP) is 2.40. The molecule has 1 N–H and O–H groups in total. The van der Waals surface area contributed by atoms with Crippen LogP contribution in [-0.2, 0) is 6.42 Å². The summed E-state index contributed by atoms with van der Waals surface area (Å²) in [5.74, 6) is 1.52.